The van der Waals surface area contributed by atoms with Gasteiger partial charge in [0.2, 0.25) is 5.91 Å². The number of carbonyl (C=O) groups excluding carboxylic acids is 2. The molecule has 2 heterocycles. The summed E-state index contributed by atoms with van der Waals surface area (Å²) in [5.74, 6) is 1.36. The molecule has 0 radical (unpaired) electrons. The lowest BCUT2D eigenvalue weighted by Gasteiger charge is -2.17. The van der Waals surface area contributed by atoms with E-state index in [4.69, 9.17) is 4.74 Å². The maximum atomic E-state index is 13.2. The predicted molar refractivity (Wildman–Crippen MR) is 161 cm³/mol. The molecule has 9 heteroatoms. The van der Waals surface area contributed by atoms with E-state index in [1.165, 1.54) is 17.3 Å². The first-order valence-electron chi connectivity index (χ1n) is 13.6. The summed E-state index contributed by atoms with van der Waals surface area (Å²) in [6.45, 7) is 3.35. The Hall–Kier alpha value is -4.63. The van der Waals surface area contributed by atoms with Gasteiger partial charge in [-0.05, 0) is 66.1 Å². The van der Waals surface area contributed by atoms with Crippen LogP contribution in [0.5, 0.6) is 5.75 Å². The molecule has 1 aromatic heterocycles. The molecule has 0 atom stereocenters. The zero-order valence-corrected chi connectivity index (χ0v) is 23.4. The number of para-hydroxylation sites is 1. The van der Waals surface area contributed by atoms with Crippen LogP contribution in [0.2, 0.25) is 0 Å². The third kappa shape index (κ3) is 5.53. The summed E-state index contributed by atoms with van der Waals surface area (Å²) in [7, 11) is 0. The number of thioether (sulfide) groups is 1. The van der Waals surface area contributed by atoms with Gasteiger partial charge in [0.05, 0.1) is 18.9 Å². The zero-order valence-electron chi connectivity index (χ0n) is 22.6. The summed E-state index contributed by atoms with van der Waals surface area (Å²) in [6.07, 6.45) is 0.857. The summed E-state index contributed by atoms with van der Waals surface area (Å²) in [5.41, 5.74) is 3.58. The Kier molecular flexibility index (Phi) is 7.69. The molecular formula is C32H29N5O3S. The Morgan fingerprint density at radius 2 is 1.71 bits per heavy atom. The van der Waals surface area contributed by atoms with Crippen LogP contribution in [0.4, 0.5) is 5.69 Å². The van der Waals surface area contributed by atoms with Crippen molar-refractivity contribution in [2.24, 2.45) is 0 Å². The molecule has 5 aromatic rings. The van der Waals surface area contributed by atoms with Crippen molar-refractivity contribution in [3.63, 3.8) is 0 Å². The first kappa shape index (κ1) is 26.6. The fourth-order valence-corrected chi connectivity index (χ4v) is 5.95. The number of carbonyl (C=O) groups is 2. The van der Waals surface area contributed by atoms with E-state index in [0.717, 1.165) is 34.3 Å². The number of rotatable bonds is 9. The van der Waals surface area contributed by atoms with Crippen molar-refractivity contribution in [3.8, 4) is 11.4 Å². The smallest absolute Gasteiger partial charge is 0.252 e. The van der Waals surface area contributed by atoms with Crippen molar-refractivity contribution in [1.29, 1.82) is 0 Å². The van der Waals surface area contributed by atoms with E-state index in [9.17, 15) is 9.59 Å². The number of nitrogens with zero attached hydrogens (tertiary/aromatic N) is 4. The fraction of sp³-hybridized carbons (Fsp3) is 0.188. The average Bonchev–Trinajstić information content (AvgIpc) is 3.63. The van der Waals surface area contributed by atoms with Crippen LogP contribution in [0.25, 0.3) is 16.5 Å². The van der Waals surface area contributed by atoms with E-state index in [-0.39, 0.29) is 24.1 Å². The van der Waals surface area contributed by atoms with Gasteiger partial charge in [0.1, 0.15) is 5.75 Å². The monoisotopic (exact) mass is 563 g/mol. The number of amides is 2. The molecule has 1 N–H and O–H groups in total. The number of fused-ring (bicyclic) bond motifs is 2. The summed E-state index contributed by atoms with van der Waals surface area (Å²) < 4.78 is 7.50. The normalized spacial score (nSPS) is 12.4. The van der Waals surface area contributed by atoms with Crippen molar-refractivity contribution in [3.05, 3.63) is 108 Å². The van der Waals surface area contributed by atoms with Crippen molar-refractivity contribution < 1.29 is 14.3 Å². The fourth-order valence-electron chi connectivity index (χ4n) is 5.11. The Morgan fingerprint density at radius 1 is 0.927 bits per heavy atom. The molecule has 1 aliphatic heterocycles. The molecule has 0 bridgehead atoms. The molecule has 0 fully saturated rings. The molecule has 41 heavy (non-hydrogen) atoms. The molecule has 8 nitrogen and oxygen atoms in total. The van der Waals surface area contributed by atoms with E-state index in [2.05, 4.69) is 21.6 Å². The summed E-state index contributed by atoms with van der Waals surface area (Å²) in [6, 6.07) is 29.1. The van der Waals surface area contributed by atoms with Crippen LogP contribution < -0.4 is 15.0 Å². The van der Waals surface area contributed by atoms with Crippen LogP contribution in [-0.2, 0) is 17.8 Å². The minimum atomic E-state index is -0.194. The van der Waals surface area contributed by atoms with Crippen molar-refractivity contribution in [2.45, 2.75) is 25.0 Å². The summed E-state index contributed by atoms with van der Waals surface area (Å²) in [4.78, 5) is 28.3. The van der Waals surface area contributed by atoms with Gasteiger partial charge in [0.25, 0.3) is 5.91 Å². The highest BCUT2D eigenvalue weighted by molar-refractivity contribution is 7.99. The molecule has 2 amide bonds. The third-order valence-electron chi connectivity index (χ3n) is 7.06. The highest BCUT2D eigenvalue weighted by atomic mass is 32.2. The number of anilines is 1. The number of aromatic nitrogens is 3. The lowest BCUT2D eigenvalue weighted by molar-refractivity contribution is -0.116. The summed E-state index contributed by atoms with van der Waals surface area (Å²) in [5, 5.41) is 14.3. The van der Waals surface area contributed by atoms with Gasteiger partial charge in [0, 0.05) is 23.5 Å². The molecular weight excluding hydrogens is 534 g/mol. The van der Waals surface area contributed by atoms with Gasteiger partial charge >= 0.3 is 0 Å². The SMILES string of the molecule is CCOc1ccc(-n2c(CNC(=O)c3cccc4ccccc34)nnc2SCC(=O)N2CCc3ccccc32)cc1. The molecule has 206 valence electrons. The second kappa shape index (κ2) is 11.9. The number of benzene rings is 4. The van der Waals surface area contributed by atoms with E-state index in [1.54, 1.807) is 0 Å². The van der Waals surface area contributed by atoms with Crippen LogP contribution >= 0.6 is 11.8 Å². The maximum Gasteiger partial charge on any atom is 0.252 e. The molecule has 0 saturated heterocycles. The molecule has 0 unspecified atom stereocenters. The molecule has 0 spiro atoms. The third-order valence-corrected chi connectivity index (χ3v) is 7.97. The molecule has 1 aliphatic rings. The average molecular weight is 564 g/mol. The minimum Gasteiger partial charge on any atom is -0.494 e. The van der Waals surface area contributed by atoms with Gasteiger partial charge in [-0.3, -0.25) is 14.2 Å². The highest BCUT2D eigenvalue weighted by Crippen LogP contribution is 2.30. The molecule has 6 rings (SSSR count). The lowest BCUT2D eigenvalue weighted by Crippen LogP contribution is -2.30. The van der Waals surface area contributed by atoms with E-state index >= 15 is 0 Å². The number of ether oxygens (including phenoxy) is 1. The van der Waals surface area contributed by atoms with Crippen LogP contribution in [0, 0.1) is 0 Å². The van der Waals surface area contributed by atoms with Gasteiger partial charge < -0.3 is 15.0 Å². The Bertz CT molecular complexity index is 1710. The first-order valence-corrected chi connectivity index (χ1v) is 14.6. The van der Waals surface area contributed by atoms with Crippen LogP contribution in [0.15, 0.2) is 96.2 Å². The topological polar surface area (TPSA) is 89.3 Å². The quantitative estimate of drug-likeness (QED) is 0.241. The van der Waals surface area contributed by atoms with Gasteiger partial charge in [-0.15, -0.1) is 10.2 Å². The van der Waals surface area contributed by atoms with Crippen molar-refractivity contribution in [2.75, 3.05) is 23.8 Å². The summed E-state index contributed by atoms with van der Waals surface area (Å²) >= 11 is 1.33. The Labute approximate surface area is 242 Å². The Balaban J connectivity index is 1.23. The zero-order chi connectivity index (χ0) is 28.2. The van der Waals surface area contributed by atoms with Crippen molar-refractivity contribution in [1.82, 2.24) is 20.1 Å². The number of hydrogen-bond donors (Lipinski definition) is 1. The van der Waals surface area contributed by atoms with Crippen molar-refractivity contribution >= 4 is 40.0 Å². The minimum absolute atomic E-state index is 0.0204. The standard InChI is InChI=1S/C32H29N5O3S/c1-2-40-25-16-14-24(15-17-25)37-29(20-33-31(39)27-12-7-10-22-8-3-5-11-26(22)27)34-35-32(37)41-21-30(38)36-19-18-23-9-4-6-13-28(23)36/h3-17H,2,18-21H2,1H3,(H,33,39). The predicted octanol–water partition coefficient (Wildman–Crippen LogP) is 5.43. The van der Waals surface area contributed by atoms with Crippen LogP contribution in [0.3, 0.4) is 0 Å². The van der Waals surface area contributed by atoms with Crippen LogP contribution in [-0.4, -0.2) is 45.5 Å². The lowest BCUT2D eigenvalue weighted by atomic mass is 10.0. The molecule has 0 aliphatic carbocycles. The number of nitrogens with one attached hydrogen (secondary N) is 1. The van der Waals surface area contributed by atoms with Gasteiger partial charge in [-0.2, -0.15) is 0 Å². The van der Waals surface area contributed by atoms with Gasteiger partial charge in [-0.1, -0.05) is 66.4 Å². The first-order chi connectivity index (χ1) is 20.1. The largest absolute Gasteiger partial charge is 0.494 e. The van der Waals surface area contributed by atoms with Gasteiger partial charge in [0.15, 0.2) is 11.0 Å². The van der Waals surface area contributed by atoms with Crippen LogP contribution in [0.1, 0.15) is 28.7 Å². The molecule has 0 saturated carbocycles. The van der Waals surface area contributed by atoms with Gasteiger partial charge in [-0.25, -0.2) is 0 Å². The van der Waals surface area contributed by atoms with E-state index in [1.807, 2.05) is 101 Å². The molecule has 4 aromatic carbocycles. The highest BCUT2D eigenvalue weighted by Gasteiger charge is 2.25. The van der Waals surface area contributed by atoms with E-state index in [0.29, 0.717) is 29.7 Å². The maximum absolute atomic E-state index is 13.2. The Morgan fingerprint density at radius 3 is 2.56 bits per heavy atom. The number of hydrogen-bond acceptors (Lipinski definition) is 6. The van der Waals surface area contributed by atoms with E-state index < -0.39 is 0 Å². The second-order valence-corrected chi connectivity index (χ2v) is 10.5. The second-order valence-electron chi connectivity index (χ2n) is 9.58.